The van der Waals surface area contributed by atoms with Gasteiger partial charge in [-0.25, -0.2) is 4.90 Å². The largest absolute Gasteiger partial charge is 0.508 e. The number of rotatable bonds is 8. The van der Waals surface area contributed by atoms with Gasteiger partial charge in [-0.1, -0.05) is 61.0 Å². The zero-order valence-electron chi connectivity index (χ0n) is 18.7. The lowest BCUT2D eigenvalue weighted by atomic mass is 10.1. The molecule has 0 fully saturated rings. The van der Waals surface area contributed by atoms with Crippen LogP contribution in [0.2, 0.25) is 0 Å². The quantitative estimate of drug-likeness (QED) is 0.403. The molecule has 0 aromatic heterocycles. The summed E-state index contributed by atoms with van der Waals surface area (Å²) in [5, 5.41) is 12.9. The fourth-order valence-electron chi connectivity index (χ4n) is 3.59. The first-order valence-electron chi connectivity index (χ1n) is 11.0. The van der Waals surface area contributed by atoms with Crippen LogP contribution in [0.5, 0.6) is 5.75 Å². The summed E-state index contributed by atoms with van der Waals surface area (Å²) in [6.45, 7) is 4.15. The molecular formula is C27H26N2O3S. The number of phenols is 1. The Morgan fingerprint density at radius 1 is 0.939 bits per heavy atom. The standard InChI is InChI=1S/C27H26N2O3S/c1-3-4-6-19-11-13-21(14-12-19)29-26(31)24(28-20-7-5-8-22(30)17-20)25(27(29)32)33-23-15-9-18(2)10-16-23/h5,7-17,28,30H,3-4,6H2,1-2H3. The van der Waals surface area contributed by atoms with E-state index >= 15 is 0 Å². The topological polar surface area (TPSA) is 69.6 Å². The molecule has 0 saturated heterocycles. The van der Waals surface area contributed by atoms with E-state index in [0.29, 0.717) is 16.3 Å². The predicted octanol–water partition coefficient (Wildman–Crippen LogP) is 6.03. The number of nitrogens with one attached hydrogen (secondary N) is 1. The Morgan fingerprint density at radius 2 is 1.67 bits per heavy atom. The van der Waals surface area contributed by atoms with E-state index in [9.17, 15) is 14.7 Å². The van der Waals surface area contributed by atoms with Gasteiger partial charge < -0.3 is 10.4 Å². The first-order valence-corrected chi connectivity index (χ1v) is 11.8. The van der Waals surface area contributed by atoms with Crippen LogP contribution < -0.4 is 10.2 Å². The number of anilines is 2. The van der Waals surface area contributed by atoms with Gasteiger partial charge in [0.1, 0.15) is 16.4 Å². The monoisotopic (exact) mass is 458 g/mol. The molecule has 33 heavy (non-hydrogen) atoms. The van der Waals surface area contributed by atoms with Crippen molar-refractivity contribution in [2.24, 2.45) is 0 Å². The molecule has 0 saturated carbocycles. The fraction of sp³-hybridized carbons (Fsp3) is 0.185. The van der Waals surface area contributed by atoms with Crippen molar-refractivity contribution in [3.05, 3.63) is 94.5 Å². The molecule has 6 heteroatoms. The van der Waals surface area contributed by atoms with E-state index in [1.54, 1.807) is 18.2 Å². The second-order valence-corrected chi connectivity index (χ2v) is 9.09. The number of benzene rings is 3. The normalized spacial score (nSPS) is 13.7. The number of aromatic hydroxyl groups is 1. The van der Waals surface area contributed by atoms with Crippen LogP contribution in [0.4, 0.5) is 11.4 Å². The Hall–Kier alpha value is -3.51. The van der Waals surface area contributed by atoms with E-state index < -0.39 is 5.91 Å². The number of amides is 2. The average Bonchev–Trinajstić information content (AvgIpc) is 3.03. The fourth-order valence-corrected chi connectivity index (χ4v) is 4.52. The lowest BCUT2D eigenvalue weighted by Gasteiger charge is -2.16. The molecule has 2 amide bonds. The molecule has 0 spiro atoms. The van der Waals surface area contributed by atoms with Gasteiger partial charge in [-0.3, -0.25) is 9.59 Å². The summed E-state index contributed by atoms with van der Waals surface area (Å²) in [5.74, 6) is -0.710. The van der Waals surface area contributed by atoms with E-state index in [1.165, 1.54) is 28.3 Å². The minimum absolute atomic E-state index is 0.0737. The first kappa shape index (κ1) is 22.7. The lowest BCUT2D eigenvalue weighted by Crippen LogP contribution is -2.32. The minimum Gasteiger partial charge on any atom is -0.508 e. The van der Waals surface area contributed by atoms with Crippen LogP contribution in [0, 0.1) is 6.92 Å². The molecule has 1 aliphatic rings. The number of imide groups is 1. The maximum atomic E-state index is 13.4. The van der Waals surface area contributed by atoms with Gasteiger partial charge in [0, 0.05) is 16.6 Å². The SMILES string of the molecule is CCCCc1ccc(N2C(=O)C(Nc3cccc(O)c3)=C(Sc3ccc(C)cc3)C2=O)cc1. The summed E-state index contributed by atoms with van der Waals surface area (Å²) < 4.78 is 0. The van der Waals surface area contributed by atoms with Gasteiger partial charge in [0.25, 0.3) is 11.8 Å². The smallest absolute Gasteiger partial charge is 0.283 e. The number of thioether (sulfide) groups is 1. The van der Waals surface area contributed by atoms with Crippen molar-refractivity contribution in [1.29, 1.82) is 0 Å². The Bertz CT molecular complexity index is 1200. The highest BCUT2D eigenvalue weighted by atomic mass is 32.2. The first-order chi connectivity index (χ1) is 16.0. The third kappa shape index (κ3) is 5.12. The molecule has 0 atom stereocenters. The van der Waals surface area contributed by atoms with Gasteiger partial charge in [0.05, 0.1) is 5.69 Å². The Kier molecular flexibility index (Phi) is 6.84. The van der Waals surface area contributed by atoms with Crippen LogP contribution in [-0.4, -0.2) is 16.9 Å². The number of carbonyl (C=O) groups is 2. The van der Waals surface area contributed by atoms with Crippen LogP contribution in [0.3, 0.4) is 0 Å². The van der Waals surface area contributed by atoms with Crippen molar-refractivity contribution in [3.63, 3.8) is 0 Å². The summed E-state index contributed by atoms with van der Waals surface area (Å²) >= 11 is 1.26. The Morgan fingerprint density at radius 3 is 2.33 bits per heavy atom. The number of unbranched alkanes of at least 4 members (excludes halogenated alkanes) is 1. The third-order valence-electron chi connectivity index (χ3n) is 5.41. The molecule has 0 bridgehead atoms. The number of aryl methyl sites for hydroxylation is 2. The summed E-state index contributed by atoms with van der Waals surface area (Å²) in [6, 6.07) is 21.9. The molecule has 2 N–H and O–H groups in total. The van der Waals surface area contributed by atoms with Crippen molar-refractivity contribution in [3.8, 4) is 5.75 Å². The van der Waals surface area contributed by atoms with Crippen LogP contribution in [0.15, 0.2) is 88.3 Å². The maximum Gasteiger partial charge on any atom is 0.283 e. The van der Waals surface area contributed by atoms with Crippen molar-refractivity contribution in [2.45, 2.75) is 38.0 Å². The number of phenolic OH excluding ortho intramolecular Hbond substituents is 1. The highest BCUT2D eigenvalue weighted by Crippen LogP contribution is 2.38. The molecular weight excluding hydrogens is 432 g/mol. The molecule has 3 aromatic carbocycles. The van der Waals surface area contributed by atoms with Crippen molar-refractivity contribution < 1.29 is 14.7 Å². The van der Waals surface area contributed by atoms with E-state index in [0.717, 1.165) is 29.7 Å². The van der Waals surface area contributed by atoms with Crippen LogP contribution in [0.25, 0.3) is 0 Å². The molecule has 5 nitrogen and oxygen atoms in total. The van der Waals surface area contributed by atoms with Crippen LogP contribution >= 0.6 is 11.8 Å². The second-order valence-electron chi connectivity index (χ2n) is 8.01. The molecule has 4 rings (SSSR count). The predicted molar refractivity (Wildman–Crippen MR) is 133 cm³/mol. The third-order valence-corrected chi connectivity index (χ3v) is 6.50. The zero-order chi connectivity index (χ0) is 23.4. The van der Waals surface area contributed by atoms with E-state index in [1.807, 2.05) is 55.5 Å². The highest BCUT2D eigenvalue weighted by molar-refractivity contribution is 8.04. The van der Waals surface area contributed by atoms with Gasteiger partial charge in [0.2, 0.25) is 0 Å². The molecule has 0 aliphatic carbocycles. The van der Waals surface area contributed by atoms with E-state index in [4.69, 9.17) is 0 Å². The molecule has 0 radical (unpaired) electrons. The number of carbonyl (C=O) groups excluding carboxylic acids is 2. The Balaban J connectivity index is 1.67. The molecule has 168 valence electrons. The van der Waals surface area contributed by atoms with Crippen molar-refractivity contribution >= 4 is 35.0 Å². The van der Waals surface area contributed by atoms with Gasteiger partial charge >= 0.3 is 0 Å². The zero-order valence-corrected chi connectivity index (χ0v) is 19.5. The molecule has 0 unspecified atom stereocenters. The second kappa shape index (κ2) is 9.96. The molecule has 1 aliphatic heterocycles. The van der Waals surface area contributed by atoms with E-state index in [-0.39, 0.29) is 17.4 Å². The van der Waals surface area contributed by atoms with Crippen molar-refractivity contribution in [2.75, 3.05) is 10.2 Å². The van der Waals surface area contributed by atoms with Gasteiger partial charge in [-0.05, 0) is 61.7 Å². The lowest BCUT2D eigenvalue weighted by molar-refractivity contribution is -0.120. The summed E-state index contributed by atoms with van der Waals surface area (Å²) in [5.41, 5.74) is 3.57. The van der Waals surface area contributed by atoms with Crippen molar-refractivity contribution in [1.82, 2.24) is 0 Å². The number of hydrogen-bond acceptors (Lipinski definition) is 5. The average molecular weight is 459 g/mol. The number of hydrogen-bond donors (Lipinski definition) is 2. The minimum atomic E-state index is -0.417. The van der Waals surface area contributed by atoms with Gasteiger partial charge in [0.15, 0.2) is 0 Å². The number of nitrogens with zero attached hydrogens (tertiary/aromatic N) is 1. The summed E-state index contributed by atoms with van der Waals surface area (Å²) in [4.78, 5) is 29.3. The maximum absolute atomic E-state index is 13.4. The van der Waals surface area contributed by atoms with E-state index in [2.05, 4.69) is 12.2 Å². The van der Waals surface area contributed by atoms with Crippen LogP contribution in [0.1, 0.15) is 30.9 Å². The molecule has 1 heterocycles. The van der Waals surface area contributed by atoms with Gasteiger partial charge in [-0.15, -0.1) is 0 Å². The Labute approximate surface area is 198 Å². The van der Waals surface area contributed by atoms with Crippen LogP contribution in [-0.2, 0) is 16.0 Å². The summed E-state index contributed by atoms with van der Waals surface area (Å²) in [7, 11) is 0. The van der Waals surface area contributed by atoms with Gasteiger partial charge in [-0.2, -0.15) is 0 Å². The molecule has 3 aromatic rings. The highest BCUT2D eigenvalue weighted by Gasteiger charge is 2.40. The summed E-state index contributed by atoms with van der Waals surface area (Å²) in [6.07, 6.45) is 3.17.